The monoisotopic (exact) mass is 249 g/mol. The zero-order valence-corrected chi connectivity index (χ0v) is 10.6. The molecule has 0 bridgehead atoms. The van der Waals surface area contributed by atoms with Crippen LogP contribution in [0.25, 0.3) is 0 Å². The standard InChI is InChI=1S/C14H19NO3/c1-11(4-5-12-3-2-8-17-12)15-9-13-6-7-14(10-16)18-13/h2-3,6-8,11,15-16H,4-5,9-10H2,1H3. The van der Waals surface area contributed by atoms with E-state index in [4.69, 9.17) is 13.9 Å². The highest BCUT2D eigenvalue weighted by molar-refractivity contribution is 5.06. The largest absolute Gasteiger partial charge is 0.469 e. The fraction of sp³-hybridized carbons (Fsp3) is 0.429. The lowest BCUT2D eigenvalue weighted by atomic mass is 10.1. The van der Waals surface area contributed by atoms with Crippen LogP contribution in [-0.4, -0.2) is 11.1 Å². The fourth-order valence-electron chi connectivity index (χ4n) is 1.79. The maximum Gasteiger partial charge on any atom is 0.129 e. The summed E-state index contributed by atoms with van der Waals surface area (Å²) in [6, 6.07) is 7.97. The molecule has 0 fully saturated rings. The number of aliphatic hydroxyl groups excluding tert-OH is 1. The van der Waals surface area contributed by atoms with E-state index in [2.05, 4.69) is 12.2 Å². The Labute approximate surface area is 107 Å². The highest BCUT2D eigenvalue weighted by Crippen LogP contribution is 2.09. The van der Waals surface area contributed by atoms with Crippen LogP contribution in [0.5, 0.6) is 0 Å². The van der Waals surface area contributed by atoms with Crippen LogP contribution in [-0.2, 0) is 19.6 Å². The third-order valence-corrected chi connectivity index (χ3v) is 2.90. The molecule has 18 heavy (non-hydrogen) atoms. The van der Waals surface area contributed by atoms with Gasteiger partial charge < -0.3 is 19.3 Å². The molecule has 4 nitrogen and oxygen atoms in total. The predicted molar refractivity (Wildman–Crippen MR) is 68.0 cm³/mol. The molecule has 4 heteroatoms. The summed E-state index contributed by atoms with van der Waals surface area (Å²) in [5, 5.41) is 12.3. The van der Waals surface area contributed by atoms with Gasteiger partial charge in [-0.15, -0.1) is 0 Å². The van der Waals surface area contributed by atoms with Crippen molar-refractivity contribution in [1.82, 2.24) is 5.32 Å². The van der Waals surface area contributed by atoms with Crippen LogP contribution in [0.4, 0.5) is 0 Å². The summed E-state index contributed by atoms with van der Waals surface area (Å²) >= 11 is 0. The van der Waals surface area contributed by atoms with Gasteiger partial charge in [-0.1, -0.05) is 0 Å². The Morgan fingerprint density at radius 1 is 1.22 bits per heavy atom. The topological polar surface area (TPSA) is 58.5 Å². The van der Waals surface area contributed by atoms with Crippen molar-refractivity contribution in [2.45, 2.75) is 39.0 Å². The first-order chi connectivity index (χ1) is 8.78. The summed E-state index contributed by atoms with van der Waals surface area (Å²) in [4.78, 5) is 0. The minimum Gasteiger partial charge on any atom is -0.469 e. The third-order valence-electron chi connectivity index (χ3n) is 2.90. The van der Waals surface area contributed by atoms with Crippen molar-refractivity contribution in [3.8, 4) is 0 Å². The van der Waals surface area contributed by atoms with E-state index in [1.165, 1.54) is 0 Å². The summed E-state index contributed by atoms with van der Waals surface area (Å²) in [6.07, 6.45) is 3.65. The molecule has 2 rings (SSSR count). The van der Waals surface area contributed by atoms with Crippen molar-refractivity contribution in [3.63, 3.8) is 0 Å². The molecule has 0 radical (unpaired) electrons. The van der Waals surface area contributed by atoms with Crippen molar-refractivity contribution < 1.29 is 13.9 Å². The molecule has 1 atom stereocenters. The molecule has 2 aromatic heterocycles. The van der Waals surface area contributed by atoms with Crippen molar-refractivity contribution in [1.29, 1.82) is 0 Å². The molecular weight excluding hydrogens is 230 g/mol. The molecule has 2 aromatic rings. The zero-order chi connectivity index (χ0) is 12.8. The summed E-state index contributed by atoms with van der Waals surface area (Å²) in [5.41, 5.74) is 0. The van der Waals surface area contributed by atoms with Crippen molar-refractivity contribution in [2.75, 3.05) is 0 Å². The van der Waals surface area contributed by atoms with E-state index in [1.807, 2.05) is 18.2 Å². The maximum absolute atomic E-state index is 8.89. The summed E-state index contributed by atoms with van der Waals surface area (Å²) in [6.45, 7) is 2.77. The van der Waals surface area contributed by atoms with E-state index < -0.39 is 0 Å². The second-order valence-electron chi connectivity index (χ2n) is 4.43. The molecule has 0 saturated carbocycles. The predicted octanol–water partition coefficient (Wildman–Crippen LogP) is 2.48. The van der Waals surface area contributed by atoms with Crippen LogP contribution in [0, 0.1) is 0 Å². The molecule has 2 N–H and O–H groups in total. The van der Waals surface area contributed by atoms with Crippen LogP contribution in [0.1, 0.15) is 30.6 Å². The van der Waals surface area contributed by atoms with Gasteiger partial charge in [0.25, 0.3) is 0 Å². The number of furan rings is 2. The van der Waals surface area contributed by atoms with Gasteiger partial charge >= 0.3 is 0 Å². The van der Waals surface area contributed by atoms with Crippen LogP contribution < -0.4 is 5.32 Å². The lowest BCUT2D eigenvalue weighted by Crippen LogP contribution is -2.25. The number of rotatable bonds is 7. The zero-order valence-electron chi connectivity index (χ0n) is 10.6. The number of hydrogen-bond donors (Lipinski definition) is 2. The molecule has 0 spiro atoms. The highest BCUT2D eigenvalue weighted by atomic mass is 16.4. The summed E-state index contributed by atoms with van der Waals surface area (Å²) < 4.78 is 10.7. The lowest BCUT2D eigenvalue weighted by Gasteiger charge is -2.11. The van der Waals surface area contributed by atoms with Gasteiger partial charge in [0.05, 0.1) is 12.8 Å². The minimum absolute atomic E-state index is 0.0476. The maximum atomic E-state index is 8.89. The van der Waals surface area contributed by atoms with Gasteiger partial charge in [0.2, 0.25) is 0 Å². The molecular formula is C14H19NO3. The molecule has 0 amide bonds. The molecule has 98 valence electrons. The van der Waals surface area contributed by atoms with Crippen LogP contribution in [0.15, 0.2) is 39.4 Å². The fourth-order valence-corrected chi connectivity index (χ4v) is 1.79. The van der Waals surface area contributed by atoms with E-state index in [-0.39, 0.29) is 6.61 Å². The van der Waals surface area contributed by atoms with Gasteiger partial charge in [-0.2, -0.15) is 0 Å². The number of nitrogens with one attached hydrogen (secondary N) is 1. The Kier molecular flexibility index (Phi) is 4.61. The Hall–Kier alpha value is -1.52. The molecule has 0 aromatic carbocycles. The van der Waals surface area contributed by atoms with E-state index in [9.17, 15) is 0 Å². The van der Waals surface area contributed by atoms with Gasteiger partial charge in [0.1, 0.15) is 23.9 Å². The van der Waals surface area contributed by atoms with Gasteiger partial charge in [-0.25, -0.2) is 0 Å². The van der Waals surface area contributed by atoms with E-state index in [0.717, 1.165) is 24.4 Å². The Balaban J connectivity index is 1.69. The number of hydrogen-bond acceptors (Lipinski definition) is 4. The van der Waals surface area contributed by atoms with E-state index in [0.29, 0.717) is 18.3 Å². The van der Waals surface area contributed by atoms with Crippen molar-refractivity contribution >= 4 is 0 Å². The molecule has 2 heterocycles. The van der Waals surface area contributed by atoms with Gasteiger partial charge in [-0.3, -0.25) is 0 Å². The Morgan fingerprint density at radius 2 is 2.06 bits per heavy atom. The molecule has 1 unspecified atom stereocenters. The molecule has 0 aliphatic carbocycles. The second kappa shape index (κ2) is 6.42. The molecule has 0 saturated heterocycles. The first kappa shape index (κ1) is 12.9. The molecule has 0 aliphatic heterocycles. The smallest absolute Gasteiger partial charge is 0.129 e. The van der Waals surface area contributed by atoms with Gasteiger partial charge in [0.15, 0.2) is 0 Å². The van der Waals surface area contributed by atoms with Crippen LogP contribution in [0.2, 0.25) is 0 Å². The number of aliphatic hydroxyl groups is 1. The average Bonchev–Trinajstić information content (AvgIpc) is 3.04. The third kappa shape index (κ3) is 3.75. The minimum atomic E-state index is -0.0476. The van der Waals surface area contributed by atoms with Crippen molar-refractivity contribution in [2.24, 2.45) is 0 Å². The van der Waals surface area contributed by atoms with Gasteiger partial charge in [-0.05, 0) is 37.6 Å². The number of aryl methyl sites for hydroxylation is 1. The first-order valence-electron chi connectivity index (χ1n) is 6.22. The average molecular weight is 249 g/mol. The SMILES string of the molecule is CC(CCc1ccco1)NCc1ccc(CO)o1. The lowest BCUT2D eigenvalue weighted by molar-refractivity contribution is 0.242. The van der Waals surface area contributed by atoms with Gasteiger partial charge in [0, 0.05) is 12.5 Å². The summed E-state index contributed by atoms with van der Waals surface area (Å²) in [7, 11) is 0. The van der Waals surface area contributed by atoms with E-state index in [1.54, 1.807) is 12.3 Å². The highest BCUT2D eigenvalue weighted by Gasteiger charge is 2.06. The quantitative estimate of drug-likeness (QED) is 0.791. The first-order valence-corrected chi connectivity index (χ1v) is 6.22. The van der Waals surface area contributed by atoms with Crippen LogP contribution >= 0.6 is 0 Å². The van der Waals surface area contributed by atoms with Crippen molar-refractivity contribution in [3.05, 3.63) is 47.8 Å². The van der Waals surface area contributed by atoms with E-state index >= 15 is 0 Å². The normalized spacial score (nSPS) is 12.8. The Bertz CT molecular complexity index is 447. The Morgan fingerprint density at radius 3 is 2.72 bits per heavy atom. The molecule has 0 aliphatic rings. The summed E-state index contributed by atoms with van der Waals surface area (Å²) in [5.74, 6) is 2.48. The van der Waals surface area contributed by atoms with Crippen LogP contribution in [0.3, 0.4) is 0 Å². The second-order valence-corrected chi connectivity index (χ2v) is 4.43.